The molecule has 0 radical (unpaired) electrons. The third-order valence-electron chi connectivity index (χ3n) is 11.4. The number of carbonyl (C=O) groups excluding carboxylic acids is 3. The highest BCUT2D eigenvalue weighted by Gasteiger charge is 2.69. The van der Waals surface area contributed by atoms with E-state index in [2.05, 4.69) is 0 Å². The van der Waals surface area contributed by atoms with Crippen LogP contribution in [0, 0.1) is 0 Å². The predicted octanol–water partition coefficient (Wildman–Crippen LogP) is 1.61. The van der Waals surface area contributed by atoms with Gasteiger partial charge in [0, 0.05) is 48.8 Å². The van der Waals surface area contributed by atoms with Crippen LogP contribution in [0.5, 0.6) is 5.75 Å². The van der Waals surface area contributed by atoms with Crippen LogP contribution < -0.4 is 0 Å². The Kier molecular flexibility index (Phi) is 9.23. The Morgan fingerprint density at radius 2 is 1.49 bits per heavy atom. The molecule has 13 atom stereocenters. The summed E-state index contributed by atoms with van der Waals surface area (Å²) in [6, 6.07) is 2.78. The number of aliphatic hydroxyl groups excluding tert-OH is 3. The molecule has 51 heavy (non-hydrogen) atoms. The minimum absolute atomic E-state index is 0.0670. The second-order valence-electron chi connectivity index (χ2n) is 15.3. The number of hydrogen-bond donors (Lipinski definition) is 6. The Labute approximate surface area is 294 Å². The number of phenols is 1. The largest absolute Gasteiger partial charge is 0.507 e. The van der Waals surface area contributed by atoms with E-state index in [1.54, 1.807) is 20.8 Å². The van der Waals surface area contributed by atoms with Crippen LogP contribution in [0.15, 0.2) is 35.4 Å². The Bertz CT molecular complexity index is 1680. The molecule has 1 aromatic carbocycles. The first kappa shape index (κ1) is 36.5. The smallest absolute Gasteiger partial charge is 0.198 e. The van der Waals surface area contributed by atoms with Crippen molar-refractivity contribution >= 4 is 17.3 Å². The van der Waals surface area contributed by atoms with Crippen LogP contribution in [0.1, 0.15) is 105 Å². The van der Waals surface area contributed by atoms with Crippen LogP contribution in [0.3, 0.4) is 0 Å². The number of ether oxygens (including phenoxy) is 5. The van der Waals surface area contributed by atoms with E-state index in [1.165, 1.54) is 31.2 Å². The summed E-state index contributed by atoms with van der Waals surface area (Å²) in [4.78, 5) is 43.1. The minimum atomic E-state index is -2.44. The summed E-state index contributed by atoms with van der Waals surface area (Å²) in [6.45, 7) is 6.39. The number of fused-ring (bicyclic) bond motifs is 3. The van der Waals surface area contributed by atoms with Gasteiger partial charge in [0.25, 0.3) is 0 Å². The van der Waals surface area contributed by atoms with Gasteiger partial charge >= 0.3 is 0 Å². The van der Waals surface area contributed by atoms with E-state index in [9.17, 15) is 45.0 Å². The molecular formula is C37H46O14. The SMILES string of the molecule is C[C@@H]1O[C@@H](O[C@@H]2C[C@H](c3ccc4c(c3O)C(=O)C3=C(C4=O)[C@]4(O[C@H]5CC[C@H](O)[C@H](C)O5)C(=O)C[C@](C)(O)C[C@@]4(O)C=C3)O[C@H](C)[C@H]2O)CC[C@@H]1O. The van der Waals surface area contributed by atoms with Gasteiger partial charge in [-0.25, -0.2) is 0 Å². The molecule has 0 unspecified atom stereocenters. The number of ketones is 3. The Morgan fingerprint density at radius 1 is 0.843 bits per heavy atom. The molecule has 14 heteroatoms. The number of benzene rings is 1. The highest BCUT2D eigenvalue weighted by molar-refractivity contribution is 6.32. The van der Waals surface area contributed by atoms with Crippen LogP contribution in [-0.4, -0.2) is 120 Å². The zero-order valence-corrected chi connectivity index (χ0v) is 29.0. The number of phenolic OH excluding ortho intramolecular Hbond substituents is 1. The summed E-state index contributed by atoms with van der Waals surface area (Å²) in [6.07, 6.45) is -5.05. The average Bonchev–Trinajstić information content (AvgIpc) is 3.05. The Balaban J connectivity index is 1.24. The summed E-state index contributed by atoms with van der Waals surface area (Å²) in [7, 11) is 0. The number of rotatable bonds is 5. The van der Waals surface area contributed by atoms with E-state index in [0.29, 0.717) is 12.8 Å². The number of aromatic hydroxyl groups is 1. The maximum absolute atomic E-state index is 14.6. The molecule has 3 heterocycles. The standard InChI is InChI=1S/C37H46O14/c1-16-22(38)7-9-27(48-16)50-25-13-24(47-18(3)31(25)41)19-5-6-20-29(32(19)42)33(43)21-11-12-36(46)15-35(4,45)14-26(40)37(36,30(21)34(20)44)51-28-10-8-23(39)17(2)49-28/h5-6,11-12,16-18,22-25,27-28,31,38-39,41-42,45-46H,7-10,13-15H2,1-4H3/t16-,17-,18+,22-,23-,24+,25+,27-,28-,31+,35-,36-,37+/m0/s1. The van der Waals surface area contributed by atoms with Crippen molar-refractivity contribution in [1.29, 1.82) is 0 Å². The third-order valence-corrected chi connectivity index (χ3v) is 11.4. The van der Waals surface area contributed by atoms with E-state index in [-0.39, 0.29) is 41.5 Å². The van der Waals surface area contributed by atoms with Gasteiger partial charge in [-0.1, -0.05) is 12.1 Å². The van der Waals surface area contributed by atoms with Crippen molar-refractivity contribution in [2.75, 3.05) is 0 Å². The Hall–Kier alpha value is -2.89. The lowest BCUT2D eigenvalue weighted by atomic mass is 9.57. The number of allylic oxidation sites excluding steroid dienone is 2. The van der Waals surface area contributed by atoms with Gasteiger partial charge in [-0.3, -0.25) is 14.4 Å². The number of Topliss-reactive ketones (excluding diaryl/α,β-unsaturated/α-hetero) is 3. The lowest BCUT2D eigenvalue weighted by Gasteiger charge is -2.55. The fourth-order valence-corrected chi connectivity index (χ4v) is 8.60. The van der Waals surface area contributed by atoms with Crippen LogP contribution in [-0.2, 0) is 28.5 Å². The van der Waals surface area contributed by atoms with Crippen molar-refractivity contribution in [1.82, 2.24) is 0 Å². The monoisotopic (exact) mass is 714 g/mol. The molecule has 0 amide bonds. The second-order valence-corrected chi connectivity index (χ2v) is 15.3. The molecule has 14 nitrogen and oxygen atoms in total. The number of carbonyl (C=O) groups is 3. The van der Waals surface area contributed by atoms with Gasteiger partial charge in [0.15, 0.2) is 35.5 Å². The molecule has 1 saturated carbocycles. The molecule has 7 rings (SSSR count). The van der Waals surface area contributed by atoms with E-state index in [4.69, 9.17) is 23.7 Å². The average molecular weight is 715 g/mol. The zero-order valence-electron chi connectivity index (χ0n) is 29.0. The molecule has 4 fully saturated rings. The molecule has 3 saturated heterocycles. The van der Waals surface area contributed by atoms with Gasteiger partial charge in [0.05, 0.1) is 59.5 Å². The first-order chi connectivity index (χ1) is 24.0. The highest BCUT2D eigenvalue weighted by Crippen LogP contribution is 2.54. The van der Waals surface area contributed by atoms with Crippen molar-refractivity contribution in [2.24, 2.45) is 0 Å². The topological polar surface area (TPSA) is 219 Å². The maximum atomic E-state index is 14.6. The summed E-state index contributed by atoms with van der Waals surface area (Å²) in [5, 5.41) is 66.0. The van der Waals surface area contributed by atoms with E-state index in [1.807, 2.05) is 0 Å². The van der Waals surface area contributed by atoms with Crippen molar-refractivity contribution in [3.05, 3.63) is 52.1 Å². The van der Waals surface area contributed by atoms with Crippen molar-refractivity contribution in [3.63, 3.8) is 0 Å². The molecule has 1 aromatic rings. The third kappa shape index (κ3) is 5.93. The Morgan fingerprint density at radius 3 is 2.16 bits per heavy atom. The van der Waals surface area contributed by atoms with E-state index in [0.717, 1.165) is 0 Å². The molecule has 6 N–H and O–H groups in total. The molecule has 0 bridgehead atoms. The predicted molar refractivity (Wildman–Crippen MR) is 175 cm³/mol. The van der Waals surface area contributed by atoms with Gasteiger partial charge < -0.3 is 54.3 Å². The van der Waals surface area contributed by atoms with Crippen molar-refractivity contribution in [3.8, 4) is 5.75 Å². The van der Waals surface area contributed by atoms with Crippen molar-refractivity contribution < 1.29 is 68.7 Å². The molecule has 278 valence electrons. The lowest BCUT2D eigenvalue weighted by molar-refractivity contribution is -0.282. The molecular weight excluding hydrogens is 668 g/mol. The van der Waals surface area contributed by atoms with Gasteiger partial charge in [-0.05, 0) is 52.7 Å². The first-order valence-electron chi connectivity index (χ1n) is 17.7. The van der Waals surface area contributed by atoms with Gasteiger partial charge in [0.1, 0.15) is 17.5 Å². The highest BCUT2D eigenvalue weighted by atomic mass is 16.7. The van der Waals surface area contributed by atoms with Crippen LogP contribution >= 0.6 is 0 Å². The fraction of sp³-hybridized carbons (Fsp3) is 0.649. The number of hydrogen-bond acceptors (Lipinski definition) is 14. The van der Waals surface area contributed by atoms with E-state index >= 15 is 0 Å². The molecule has 0 aromatic heterocycles. The molecule has 3 aliphatic carbocycles. The fourth-order valence-electron chi connectivity index (χ4n) is 8.60. The molecule has 0 spiro atoms. The maximum Gasteiger partial charge on any atom is 0.198 e. The minimum Gasteiger partial charge on any atom is -0.507 e. The van der Waals surface area contributed by atoms with Gasteiger partial charge in [-0.15, -0.1) is 0 Å². The van der Waals surface area contributed by atoms with Crippen LogP contribution in [0.4, 0.5) is 0 Å². The summed E-state index contributed by atoms with van der Waals surface area (Å²) in [5.74, 6) is -2.97. The summed E-state index contributed by atoms with van der Waals surface area (Å²) < 4.78 is 30.2. The van der Waals surface area contributed by atoms with Crippen molar-refractivity contribution in [2.45, 2.75) is 151 Å². The normalized spacial score (nSPS) is 44.2. The summed E-state index contributed by atoms with van der Waals surface area (Å²) >= 11 is 0. The van der Waals surface area contributed by atoms with Crippen LogP contribution in [0.2, 0.25) is 0 Å². The summed E-state index contributed by atoms with van der Waals surface area (Å²) in [5.41, 5.74) is -7.41. The quantitative estimate of drug-likeness (QED) is 0.255. The van der Waals surface area contributed by atoms with Gasteiger partial charge in [-0.2, -0.15) is 0 Å². The first-order valence-corrected chi connectivity index (χ1v) is 17.7. The molecule has 6 aliphatic rings. The zero-order chi connectivity index (χ0) is 36.8. The lowest BCUT2D eigenvalue weighted by Crippen LogP contribution is -2.71. The molecule has 3 aliphatic heterocycles. The van der Waals surface area contributed by atoms with Crippen LogP contribution in [0.25, 0.3) is 0 Å². The second kappa shape index (κ2) is 12.9. The number of aliphatic hydroxyl groups is 5. The van der Waals surface area contributed by atoms with E-state index < -0.39 is 120 Å². The van der Waals surface area contributed by atoms with Gasteiger partial charge in [0.2, 0.25) is 0 Å².